The van der Waals surface area contributed by atoms with Crippen molar-refractivity contribution in [2.75, 3.05) is 7.11 Å². The van der Waals surface area contributed by atoms with Crippen LogP contribution in [0.15, 0.2) is 96.1 Å². The van der Waals surface area contributed by atoms with Gasteiger partial charge in [-0.05, 0) is 72.5 Å². The van der Waals surface area contributed by atoms with Crippen LogP contribution in [0.3, 0.4) is 0 Å². The molecule has 0 N–H and O–H groups in total. The Hall–Kier alpha value is -4.41. The molecule has 4 aliphatic rings. The van der Waals surface area contributed by atoms with Crippen LogP contribution in [0.2, 0.25) is 5.04 Å². The number of non-ortho nitro benzene ring substituents is 1. The van der Waals surface area contributed by atoms with Crippen molar-refractivity contribution in [2.45, 2.75) is 96.3 Å². The van der Waals surface area contributed by atoms with E-state index in [1.165, 1.54) is 36.9 Å². The highest BCUT2D eigenvalue weighted by Crippen LogP contribution is 2.64. The minimum atomic E-state index is -3.01. The molecule has 53 heavy (non-hydrogen) atoms. The van der Waals surface area contributed by atoms with Crippen molar-refractivity contribution in [2.24, 2.45) is 22.7 Å². The summed E-state index contributed by atoms with van der Waals surface area (Å²) < 4.78 is 19.5. The van der Waals surface area contributed by atoms with Crippen LogP contribution in [0.5, 0.6) is 0 Å². The fraction of sp³-hybridized carbons (Fsp3) is 0.465. The third-order valence-electron chi connectivity index (χ3n) is 13.1. The Bertz CT molecular complexity index is 1890. The van der Waals surface area contributed by atoms with Crippen molar-refractivity contribution in [3.63, 3.8) is 0 Å². The Kier molecular flexibility index (Phi) is 9.60. The van der Waals surface area contributed by atoms with Gasteiger partial charge in [0.2, 0.25) is 0 Å². The van der Waals surface area contributed by atoms with E-state index >= 15 is 0 Å². The number of hydrogen-bond donors (Lipinski definition) is 0. The molecule has 3 aromatic rings. The van der Waals surface area contributed by atoms with Crippen molar-refractivity contribution in [3.8, 4) is 0 Å². The van der Waals surface area contributed by atoms with Crippen LogP contribution in [-0.4, -0.2) is 50.3 Å². The van der Waals surface area contributed by atoms with E-state index < -0.39 is 42.1 Å². The fourth-order valence-electron chi connectivity index (χ4n) is 10.7. The summed E-state index contributed by atoms with van der Waals surface area (Å²) in [7, 11) is -1.61. The molecule has 3 saturated carbocycles. The number of nitro benzene ring substituents is 1. The van der Waals surface area contributed by atoms with Gasteiger partial charge < -0.3 is 13.9 Å². The molecule has 7 rings (SSSR count). The van der Waals surface area contributed by atoms with Crippen molar-refractivity contribution in [1.29, 1.82) is 0 Å². The number of benzene rings is 3. The van der Waals surface area contributed by atoms with Gasteiger partial charge in [-0.2, -0.15) is 0 Å². The molecular weight excluding hydrogens is 687 g/mol. The molecule has 0 bridgehead atoms. The van der Waals surface area contributed by atoms with Gasteiger partial charge in [-0.25, -0.2) is 4.79 Å². The molecule has 0 unspecified atom stereocenters. The zero-order chi connectivity index (χ0) is 37.8. The molecule has 3 fully saturated rings. The van der Waals surface area contributed by atoms with Crippen molar-refractivity contribution < 1.29 is 33.2 Å². The highest BCUT2D eigenvalue weighted by atomic mass is 28.4. The number of hydrogen-bond acceptors (Lipinski definition) is 8. The van der Waals surface area contributed by atoms with Crippen LogP contribution in [0.1, 0.15) is 89.4 Å². The van der Waals surface area contributed by atoms with Gasteiger partial charge in [0.05, 0.1) is 23.7 Å². The van der Waals surface area contributed by atoms with E-state index in [-0.39, 0.29) is 46.4 Å². The lowest BCUT2D eigenvalue weighted by Gasteiger charge is -2.57. The van der Waals surface area contributed by atoms with Crippen LogP contribution in [-0.2, 0) is 23.5 Å². The van der Waals surface area contributed by atoms with Crippen LogP contribution in [0.25, 0.3) is 0 Å². The van der Waals surface area contributed by atoms with Crippen LogP contribution in [0.4, 0.5) is 5.69 Å². The van der Waals surface area contributed by atoms with Gasteiger partial charge in [0, 0.05) is 35.8 Å². The van der Waals surface area contributed by atoms with Gasteiger partial charge in [0.1, 0.15) is 11.5 Å². The lowest BCUT2D eigenvalue weighted by Crippen LogP contribution is -2.70. The number of ether oxygens (including phenoxy) is 2. The smallest absolute Gasteiger partial charge is 0.338 e. The SMILES string of the molecule is COC(=O)[C@]12C(=O)CC[C@H](O[Si](c3ccccc3)(c3ccccc3)C(C)(C)C)[C@H]1CCC1=C3CC[C@H](OC(=O)c4ccc([N+](=O)[O-])cc4)[C@@]3(C)CC[C@@H]12. The van der Waals surface area contributed by atoms with Gasteiger partial charge in [-0.1, -0.05) is 99.5 Å². The minimum absolute atomic E-state index is 0.0535. The zero-order valence-electron chi connectivity index (χ0n) is 31.3. The van der Waals surface area contributed by atoms with E-state index in [0.717, 1.165) is 22.4 Å². The van der Waals surface area contributed by atoms with Crippen molar-refractivity contribution in [3.05, 3.63) is 112 Å². The molecule has 3 aromatic carbocycles. The predicted octanol–water partition coefficient (Wildman–Crippen LogP) is 7.50. The second kappa shape index (κ2) is 13.8. The van der Waals surface area contributed by atoms with Crippen molar-refractivity contribution in [1.82, 2.24) is 0 Å². The molecule has 0 radical (unpaired) electrons. The molecular formula is C43H49NO8Si. The van der Waals surface area contributed by atoms with Crippen molar-refractivity contribution >= 4 is 42.1 Å². The third-order valence-corrected chi connectivity index (χ3v) is 18.1. The number of allylic oxidation sites excluding steroid dienone is 1. The number of ketones is 1. The lowest BCUT2D eigenvalue weighted by molar-refractivity contribution is -0.384. The monoisotopic (exact) mass is 735 g/mol. The summed E-state index contributed by atoms with van der Waals surface area (Å²) in [5.41, 5.74) is 0.701. The lowest BCUT2D eigenvalue weighted by atomic mass is 9.48. The van der Waals surface area contributed by atoms with E-state index in [1.54, 1.807) is 0 Å². The van der Waals surface area contributed by atoms with Gasteiger partial charge in [-0.3, -0.25) is 19.7 Å². The number of rotatable bonds is 8. The first-order chi connectivity index (χ1) is 25.3. The molecule has 0 saturated heterocycles. The highest BCUT2D eigenvalue weighted by molar-refractivity contribution is 6.99. The van der Waals surface area contributed by atoms with E-state index in [0.29, 0.717) is 38.5 Å². The number of nitrogens with zero attached hydrogens (tertiary/aromatic N) is 1. The molecule has 0 amide bonds. The summed E-state index contributed by atoms with van der Waals surface area (Å²) >= 11 is 0. The number of carbonyl (C=O) groups is 3. The second-order valence-electron chi connectivity index (χ2n) is 16.5. The molecule has 0 aromatic heterocycles. The first-order valence-electron chi connectivity index (χ1n) is 18.9. The van der Waals surface area contributed by atoms with E-state index in [4.69, 9.17) is 13.9 Å². The summed E-state index contributed by atoms with van der Waals surface area (Å²) in [5.74, 6) is -1.70. The Balaban J connectivity index is 1.26. The minimum Gasteiger partial charge on any atom is -0.468 e. The first-order valence-corrected chi connectivity index (χ1v) is 20.8. The van der Waals surface area contributed by atoms with Crippen LogP contribution in [0, 0.1) is 32.8 Å². The quantitative estimate of drug-likeness (QED) is 0.0582. The van der Waals surface area contributed by atoms with Gasteiger partial charge in [0.15, 0.2) is 5.78 Å². The van der Waals surface area contributed by atoms with Gasteiger partial charge in [0.25, 0.3) is 14.0 Å². The van der Waals surface area contributed by atoms with Gasteiger partial charge >= 0.3 is 11.9 Å². The number of carbonyl (C=O) groups excluding carboxylic acids is 3. The number of nitro groups is 1. The Labute approximate surface area is 312 Å². The normalized spacial score (nSPS) is 28.4. The number of esters is 2. The summed E-state index contributed by atoms with van der Waals surface area (Å²) in [6.45, 7) is 8.88. The molecule has 0 aliphatic heterocycles. The highest BCUT2D eigenvalue weighted by Gasteiger charge is 2.67. The second-order valence-corrected chi connectivity index (χ2v) is 20.8. The number of fused-ring (bicyclic) bond motifs is 4. The molecule has 278 valence electrons. The van der Waals surface area contributed by atoms with E-state index in [1.807, 2.05) is 12.1 Å². The van der Waals surface area contributed by atoms with Crippen LogP contribution >= 0.6 is 0 Å². The fourth-order valence-corrected chi connectivity index (χ4v) is 15.4. The Morgan fingerprint density at radius 2 is 1.47 bits per heavy atom. The van der Waals surface area contributed by atoms with Crippen LogP contribution < -0.4 is 10.4 Å². The topological polar surface area (TPSA) is 122 Å². The zero-order valence-corrected chi connectivity index (χ0v) is 32.3. The summed E-state index contributed by atoms with van der Waals surface area (Å²) in [6, 6.07) is 26.4. The molecule has 0 heterocycles. The average Bonchev–Trinajstić information content (AvgIpc) is 3.49. The maximum absolute atomic E-state index is 14.6. The number of Topliss-reactive ketones (excluding diaryl/α,β-unsaturated/α-hetero) is 1. The molecule has 4 aliphatic carbocycles. The van der Waals surface area contributed by atoms with E-state index in [9.17, 15) is 24.5 Å². The molecule has 10 heteroatoms. The average molecular weight is 736 g/mol. The predicted molar refractivity (Wildman–Crippen MR) is 203 cm³/mol. The maximum Gasteiger partial charge on any atom is 0.338 e. The Morgan fingerprint density at radius 1 is 0.849 bits per heavy atom. The van der Waals surface area contributed by atoms with Gasteiger partial charge in [-0.15, -0.1) is 0 Å². The molecule has 0 spiro atoms. The number of methoxy groups -OCH3 is 1. The molecule has 9 nitrogen and oxygen atoms in total. The summed E-state index contributed by atoms with van der Waals surface area (Å²) in [4.78, 5) is 52.9. The van der Waals surface area contributed by atoms with E-state index in [2.05, 4.69) is 76.2 Å². The largest absolute Gasteiger partial charge is 0.468 e. The third kappa shape index (κ3) is 5.80. The summed E-state index contributed by atoms with van der Waals surface area (Å²) in [5, 5.41) is 13.2. The standard InChI is InChI=1S/C43H49NO8Si/c1-41(2,3)53(30-12-8-6-9-13-30,31-14-10-7-11-15-31)52-36-23-24-37(45)43(40(47)50-5)34-26-27-42(4)33(32(34)20-21-35(36)43)22-25-38(42)51-39(46)28-16-18-29(19-17-28)44(48)49/h6-19,34-36,38H,20-27H2,1-5H3/t34-,35+,36-,38-,42-,43-/m0/s1. The Morgan fingerprint density at radius 3 is 2.04 bits per heavy atom. The summed E-state index contributed by atoms with van der Waals surface area (Å²) in [6.07, 6.45) is 3.97. The molecule has 6 atom stereocenters. The maximum atomic E-state index is 14.6. The first kappa shape index (κ1) is 36.9.